The average molecular weight is 284 g/mol. The Morgan fingerprint density at radius 3 is 2.71 bits per heavy atom. The molecule has 0 saturated carbocycles. The van der Waals surface area contributed by atoms with Crippen molar-refractivity contribution in [3.05, 3.63) is 28.0 Å². The summed E-state index contributed by atoms with van der Waals surface area (Å²) in [6.07, 6.45) is -2.25. The molecule has 0 bridgehead atoms. The molecule has 0 saturated heterocycles. The Morgan fingerprint density at radius 2 is 2.29 bits per heavy atom. The van der Waals surface area contributed by atoms with E-state index in [-0.39, 0.29) is 10.7 Å². The molecule has 0 unspecified atom stereocenters. The summed E-state index contributed by atoms with van der Waals surface area (Å²) in [5.41, 5.74) is 0.0643. The topological polar surface area (TPSA) is 30.0 Å². The lowest BCUT2D eigenvalue weighted by atomic mass is 10.1. The maximum Gasteiger partial charge on any atom is 0.266 e. The first-order chi connectivity index (χ1) is 6.60. The Bertz CT molecular complexity index is 359. The number of halogens is 4. The fourth-order valence-electron chi connectivity index (χ4n) is 0.920. The fraction of sp³-hybridized carbons (Fsp3) is 0.250. The monoisotopic (exact) mass is 283 g/mol. The second-order valence-corrected chi connectivity index (χ2v) is 3.38. The standard InChI is InChI=1S/C8H5BrClF2NO/c9-2-6-4(3-14)1-5(8(11)12)7(10)13-6/h1,3,8H,2H2. The van der Waals surface area contributed by atoms with Gasteiger partial charge in [0.2, 0.25) is 0 Å². The third-order valence-corrected chi connectivity index (χ3v) is 2.44. The average Bonchev–Trinajstić information content (AvgIpc) is 2.16. The number of hydrogen-bond donors (Lipinski definition) is 0. The third-order valence-electron chi connectivity index (χ3n) is 1.60. The number of alkyl halides is 3. The summed E-state index contributed by atoms with van der Waals surface area (Å²) in [6.45, 7) is 0. The van der Waals surface area contributed by atoms with Crippen LogP contribution in [0, 0.1) is 0 Å². The Balaban J connectivity index is 3.30. The Labute approximate surface area is 92.4 Å². The molecule has 0 atom stereocenters. The Hall–Kier alpha value is -0.550. The van der Waals surface area contributed by atoms with Gasteiger partial charge in [-0.2, -0.15) is 0 Å². The maximum absolute atomic E-state index is 12.3. The third kappa shape index (κ3) is 2.27. The van der Waals surface area contributed by atoms with E-state index in [9.17, 15) is 13.6 Å². The van der Waals surface area contributed by atoms with Gasteiger partial charge in [-0.05, 0) is 6.07 Å². The summed E-state index contributed by atoms with van der Waals surface area (Å²) in [4.78, 5) is 14.2. The van der Waals surface area contributed by atoms with E-state index in [1.54, 1.807) is 0 Å². The van der Waals surface area contributed by atoms with Crippen molar-refractivity contribution in [2.45, 2.75) is 11.8 Å². The Morgan fingerprint density at radius 1 is 1.64 bits per heavy atom. The van der Waals surface area contributed by atoms with Crippen LogP contribution in [0.2, 0.25) is 5.15 Å². The molecule has 0 spiro atoms. The summed E-state index contributed by atoms with van der Waals surface area (Å²) in [7, 11) is 0. The lowest BCUT2D eigenvalue weighted by molar-refractivity contribution is 0.112. The molecule has 1 aromatic heterocycles. The number of rotatable bonds is 3. The molecule has 0 radical (unpaired) electrons. The van der Waals surface area contributed by atoms with Gasteiger partial charge in [-0.25, -0.2) is 13.8 Å². The zero-order chi connectivity index (χ0) is 10.7. The van der Waals surface area contributed by atoms with Crippen molar-refractivity contribution >= 4 is 33.8 Å². The van der Waals surface area contributed by atoms with Crippen LogP contribution in [0.25, 0.3) is 0 Å². The highest BCUT2D eigenvalue weighted by Gasteiger charge is 2.16. The van der Waals surface area contributed by atoms with E-state index in [0.29, 0.717) is 17.3 Å². The number of aldehydes is 1. The van der Waals surface area contributed by atoms with Crippen LogP contribution < -0.4 is 0 Å². The molecule has 0 aliphatic rings. The largest absolute Gasteiger partial charge is 0.298 e. The molecule has 1 rings (SSSR count). The zero-order valence-electron chi connectivity index (χ0n) is 6.81. The number of aromatic nitrogens is 1. The molecule has 76 valence electrons. The molecule has 0 amide bonds. The number of nitrogens with zero attached hydrogens (tertiary/aromatic N) is 1. The Kier molecular flexibility index (Phi) is 3.95. The maximum atomic E-state index is 12.3. The summed E-state index contributed by atoms with van der Waals surface area (Å²) in [5.74, 6) is 0. The summed E-state index contributed by atoms with van der Waals surface area (Å²) in [6, 6.07) is 1.06. The van der Waals surface area contributed by atoms with Gasteiger partial charge in [-0.1, -0.05) is 27.5 Å². The van der Waals surface area contributed by atoms with Gasteiger partial charge in [0.1, 0.15) is 5.15 Å². The van der Waals surface area contributed by atoms with Gasteiger partial charge in [0.15, 0.2) is 6.29 Å². The van der Waals surface area contributed by atoms with Crippen molar-refractivity contribution in [1.82, 2.24) is 4.98 Å². The SMILES string of the molecule is O=Cc1cc(C(F)F)c(Cl)nc1CBr. The molecule has 14 heavy (non-hydrogen) atoms. The van der Waals surface area contributed by atoms with Crippen molar-refractivity contribution in [3.8, 4) is 0 Å². The van der Waals surface area contributed by atoms with Crippen LogP contribution >= 0.6 is 27.5 Å². The fourth-order valence-corrected chi connectivity index (χ4v) is 1.61. The molecule has 2 nitrogen and oxygen atoms in total. The summed E-state index contributed by atoms with van der Waals surface area (Å²) < 4.78 is 24.7. The van der Waals surface area contributed by atoms with Crippen LogP contribution in [0.1, 0.15) is 28.0 Å². The lowest BCUT2D eigenvalue weighted by Gasteiger charge is -2.06. The van der Waals surface area contributed by atoms with Gasteiger partial charge in [0.25, 0.3) is 6.43 Å². The van der Waals surface area contributed by atoms with Crippen LogP contribution in [0.4, 0.5) is 8.78 Å². The minimum atomic E-state index is -2.72. The van der Waals surface area contributed by atoms with Gasteiger partial charge in [-0.3, -0.25) is 4.79 Å². The molecule has 6 heteroatoms. The molecular formula is C8H5BrClF2NO. The van der Waals surface area contributed by atoms with Gasteiger partial charge in [-0.15, -0.1) is 0 Å². The second kappa shape index (κ2) is 4.79. The highest BCUT2D eigenvalue weighted by atomic mass is 79.9. The number of carbonyl (C=O) groups is 1. The van der Waals surface area contributed by atoms with Crippen molar-refractivity contribution in [2.75, 3.05) is 0 Å². The van der Waals surface area contributed by atoms with E-state index in [1.165, 1.54) is 0 Å². The zero-order valence-corrected chi connectivity index (χ0v) is 9.15. The number of carbonyl (C=O) groups excluding carboxylic acids is 1. The van der Waals surface area contributed by atoms with Crippen LogP contribution in [0.3, 0.4) is 0 Å². The molecule has 0 aliphatic heterocycles. The predicted molar refractivity (Wildman–Crippen MR) is 52.2 cm³/mol. The quantitative estimate of drug-likeness (QED) is 0.484. The minimum absolute atomic E-state index is 0.126. The van der Waals surface area contributed by atoms with Crippen LogP contribution in [-0.2, 0) is 5.33 Å². The molecule has 0 N–H and O–H groups in total. The van der Waals surface area contributed by atoms with Gasteiger partial charge >= 0.3 is 0 Å². The van der Waals surface area contributed by atoms with Crippen LogP contribution in [0.5, 0.6) is 0 Å². The van der Waals surface area contributed by atoms with Crippen molar-refractivity contribution < 1.29 is 13.6 Å². The van der Waals surface area contributed by atoms with Gasteiger partial charge in [0, 0.05) is 10.9 Å². The molecular weight excluding hydrogens is 279 g/mol. The van der Waals surface area contributed by atoms with Gasteiger partial charge in [0.05, 0.1) is 11.3 Å². The smallest absolute Gasteiger partial charge is 0.266 e. The van der Waals surface area contributed by atoms with E-state index in [1.807, 2.05) is 0 Å². The van der Waals surface area contributed by atoms with E-state index in [4.69, 9.17) is 11.6 Å². The number of pyridine rings is 1. The molecule has 0 aromatic carbocycles. The van der Waals surface area contributed by atoms with E-state index >= 15 is 0 Å². The molecule has 1 aromatic rings. The van der Waals surface area contributed by atoms with Crippen molar-refractivity contribution in [1.29, 1.82) is 0 Å². The van der Waals surface area contributed by atoms with E-state index in [0.717, 1.165) is 6.07 Å². The normalized spacial score (nSPS) is 10.6. The molecule has 1 heterocycles. The molecule has 0 fully saturated rings. The minimum Gasteiger partial charge on any atom is -0.298 e. The van der Waals surface area contributed by atoms with Crippen molar-refractivity contribution in [3.63, 3.8) is 0 Å². The first kappa shape index (κ1) is 11.5. The van der Waals surface area contributed by atoms with Crippen molar-refractivity contribution in [2.24, 2.45) is 0 Å². The van der Waals surface area contributed by atoms with E-state index < -0.39 is 12.0 Å². The first-order valence-electron chi connectivity index (χ1n) is 3.58. The number of hydrogen-bond acceptors (Lipinski definition) is 2. The predicted octanol–water partition coefficient (Wildman–Crippen LogP) is 3.38. The van der Waals surface area contributed by atoms with E-state index in [2.05, 4.69) is 20.9 Å². The van der Waals surface area contributed by atoms with Crippen LogP contribution in [0.15, 0.2) is 6.07 Å². The lowest BCUT2D eigenvalue weighted by Crippen LogP contribution is -1.99. The second-order valence-electron chi connectivity index (χ2n) is 2.46. The van der Waals surface area contributed by atoms with Gasteiger partial charge < -0.3 is 0 Å². The van der Waals surface area contributed by atoms with Crippen LogP contribution in [-0.4, -0.2) is 11.3 Å². The summed E-state index contributed by atoms with van der Waals surface area (Å²) in [5, 5.41) is 0.0321. The highest BCUT2D eigenvalue weighted by Crippen LogP contribution is 2.27. The summed E-state index contributed by atoms with van der Waals surface area (Å²) >= 11 is 8.58. The highest BCUT2D eigenvalue weighted by molar-refractivity contribution is 9.08. The molecule has 0 aliphatic carbocycles. The first-order valence-corrected chi connectivity index (χ1v) is 5.08.